The molecule has 0 unspecified atom stereocenters. The molecule has 0 aliphatic carbocycles. The lowest BCUT2D eigenvalue weighted by Crippen LogP contribution is -2.32. The van der Waals surface area contributed by atoms with Crippen molar-refractivity contribution in [2.45, 2.75) is 32.1 Å². The molecule has 0 radical (unpaired) electrons. The standard InChI is InChI=1S/C13H20N4O/c1-13(2,8-7-12(16-14)17-15)11-5-3-10(9-18)4-6-11/h3-6,9H,7-8,14-15H2,1-2H3,(H,16,17). The van der Waals surface area contributed by atoms with Gasteiger partial charge in [0.1, 0.15) is 12.1 Å². The molecule has 18 heavy (non-hydrogen) atoms. The first-order valence-corrected chi connectivity index (χ1v) is 5.82. The average Bonchev–Trinajstić information content (AvgIpc) is 2.40. The topological polar surface area (TPSA) is 93.5 Å². The molecule has 0 aromatic heterocycles. The fourth-order valence-electron chi connectivity index (χ4n) is 1.76. The van der Waals surface area contributed by atoms with Crippen LogP contribution in [-0.2, 0) is 5.41 Å². The average molecular weight is 248 g/mol. The zero-order chi connectivity index (χ0) is 13.6. The van der Waals surface area contributed by atoms with Crippen molar-refractivity contribution in [3.05, 3.63) is 35.4 Å². The second-order valence-corrected chi connectivity index (χ2v) is 4.84. The number of hydrogen-bond donors (Lipinski definition) is 3. The van der Waals surface area contributed by atoms with E-state index in [0.29, 0.717) is 17.8 Å². The Hall–Kier alpha value is -1.88. The van der Waals surface area contributed by atoms with Crippen LogP contribution in [0.5, 0.6) is 0 Å². The largest absolute Gasteiger partial charge is 0.322 e. The van der Waals surface area contributed by atoms with Gasteiger partial charge in [-0.2, -0.15) is 5.10 Å². The fraction of sp³-hybridized carbons (Fsp3) is 0.385. The molecular formula is C13H20N4O. The Labute approximate surface area is 107 Å². The third-order valence-corrected chi connectivity index (χ3v) is 3.14. The van der Waals surface area contributed by atoms with E-state index in [4.69, 9.17) is 11.7 Å². The van der Waals surface area contributed by atoms with Crippen LogP contribution in [0, 0.1) is 0 Å². The van der Waals surface area contributed by atoms with Crippen LogP contribution in [0.3, 0.4) is 0 Å². The summed E-state index contributed by atoms with van der Waals surface area (Å²) in [5.41, 5.74) is 4.29. The van der Waals surface area contributed by atoms with Gasteiger partial charge in [0.15, 0.2) is 0 Å². The molecule has 5 heteroatoms. The third kappa shape index (κ3) is 3.56. The summed E-state index contributed by atoms with van der Waals surface area (Å²) in [4.78, 5) is 10.6. The minimum atomic E-state index is -0.0335. The summed E-state index contributed by atoms with van der Waals surface area (Å²) in [6.07, 6.45) is 2.37. The number of nitrogens with two attached hydrogens (primary N) is 2. The van der Waals surface area contributed by atoms with Crippen molar-refractivity contribution in [2.24, 2.45) is 16.8 Å². The van der Waals surface area contributed by atoms with E-state index in [0.717, 1.165) is 12.7 Å². The molecule has 5 N–H and O–H groups in total. The Bertz CT molecular complexity index is 423. The van der Waals surface area contributed by atoms with Gasteiger partial charge in [-0.15, -0.1) is 0 Å². The number of aldehydes is 1. The maximum atomic E-state index is 10.6. The molecule has 0 bridgehead atoms. The lowest BCUT2D eigenvalue weighted by molar-refractivity contribution is 0.112. The van der Waals surface area contributed by atoms with E-state index < -0.39 is 0 Å². The van der Waals surface area contributed by atoms with Crippen molar-refractivity contribution in [3.63, 3.8) is 0 Å². The van der Waals surface area contributed by atoms with Gasteiger partial charge < -0.3 is 11.3 Å². The number of hydrogen-bond acceptors (Lipinski definition) is 4. The number of nitrogens with zero attached hydrogens (tertiary/aromatic N) is 1. The lowest BCUT2D eigenvalue weighted by Gasteiger charge is -2.25. The van der Waals surface area contributed by atoms with Gasteiger partial charge in [0.25, 0.3) is 0 Å². The van der Waals surface area contributed by atoms with Gasteiger partial charge in [-0.1, -0.05) is 38.1 Å². The van der Waals surface area contributed by atoms with Gasteiger partial charge in [0.2, 0.25) is 0 Å². The van der Waals surface area contributed by atoms with E-state index in [1.807, 2.05) is 24.3 Å². The normalized spacial score (nSPS) is 12.3. The summed E-state index contributed by atoms with van der Waals surface area (Å²) in [6.45, 7) is 4.27. The van der Waals surface area contributed by atoms with E-state index in [2.05, 4.69) is 24.4 Å². The van der Waals surface area contributed by atoms with Crippen LogP contribution in [0.2, 0.25) is 0 Å². The minimum Gasteiger partial charge on any atom is -0.322 e. The zero-order valence-electron chi connectivity index (χ0n) is 10.8. The van der Waals surface area contributed by atoms with E-state index in [9.17, 15) is 4.79 Å². The smallest absolute Gasteiger partial charge is 0.150 e. The van der Waals surface area contributed by atoms with Crippen LogP contribution < -0.4 is 17.1 Å². The SMILES string of the molecule is CC(C)(CC/C(=N/N)NN)c1ccc(C=O)cc1. The van der Waals surface area contributed by atoms with Gasteiger partial charge in [-0.05, 0) is 17.4 Å². The number of rotatable bonds is 5. The summed E-state index contributed by atoms with van der Waals surface area (Å²) in [5.74, 6) is 11.1. The van der Waals surface area contributed by atoms with E-state index in [1.165, 1.54) is 5.56 Å². The number of carbonyl (C=O) groups excluding carboxylic acids is 1. The zero-order valence-corrected chi connectivity index (χ0v) is 10.8. The Morgan fingerprint density at radius 1 is 1.39 bits per heavy atom. The quantitative estimate of drug-likeness (QED) is 0.241. The number of carbonyl (C=O) groups is 1. The van der Waals surface area contributed by atoms with Gasteiger partial charge >= 0.3 is 0 Å². The summed E-state index contributed by atoms with van der Waals surface area (Å²) in [6, 6.07) is 7.59. The second-order valence-electron chi connectivity index (χ2n) is 4.84. The van der Waals surface area contributed by atoms with Crippen LogP contribution in [0.25, 0.3) is 0 Å². The second kappa shape index (κ2) is 6.16. The predicted molar refractivity (Wildman–Crippen MR) is 73.0 cm³/mol. The van der Waals surface area contributed by atoms with Crippen LogP contribution in [-0.4, -0.2) is 12.1 Å². The third-order valence-electron chi connectivity index (χ3n) is 3.14. The fourth-order valence-corrected chi connectivity index (χ4v) is 1.76. The number of nitrogens with one attached hydrogen (secondary N) is 1. The molecule has 0 atom stereocenters. The molecule has 0 aliphatic rings. The molecule has 0 aliphatic heterocycles. The van der Waals surface area contributed by atoms with Crippen molar-refractivity contribution in [1.82, 2.24) is 5.43 Å². The van der Waals surface area contributed by atoms with Crippen LogP contribution in [0.1, 0.15) is 42.6 Å². The van der Waals surface area contributed by atoms with Crippen molar-refractivity contribution >= 4 is 12.1 Å². The van der Waals surface area contributed by atoms with Crippen LogP contribution in [0.15, 0.2) is 29.4 Å². The van der Waals surface area contributed by atoms with Crippen molar-refractivity contribution in [3.8, 4) is 0 Å². The van der Waals surface area contributed by atoms with Crippen LogP contribution >= 0.6 is 0 Å². The minimum absolute atomic E-state index is 0.0335. The van der Waals surface area contributed by atoms with Gasteiger partial charge in [0.05, 0.1) is 0 Å². The van der Waals surface area contributed by atoms with Gasteiger partial charge in [0, 0.05) is 12.0 Å². The molecule has 1 aromatic carbocycles. The Morgan fingerprint density at radius 2 is 2.00 bits per heavy atom. The molecule has 0 fully saturated rings. The highest BCUT2D eigenvalue weighted by Crippen LogP contribution is 2.28. The van der Waals surface area contributed by atoms with Crippen molar-refractivity contribution in [1.29, 1.82) is 0 Å². The number of hydrazone groups is 1. The molecule has 0 amide bonds. The molecule has 0 spiro atoms. The number of amidine groups is 1. The van der Waals surface area contributed by atoms with Crippen molar-refractivity contribution in [2.75, 3.05) is 0 Å². The summed E-state index contributed by atoms with van der Waals surface area (Å²) < 4.78 is 0. The summed E-state index contributed by atoms with van der Waals surface area (Å²) in [7, 11) is 0. The first-order valence-electron chi connectivity index (χ1n) is 5.82. The number of benzene rings is 1. The maximum absolute atomic E-state index is 10.6. The molecule has 0 heterocycles. The van der Waals surface area contributed by atoms with Gasteiger partial charge in [-0.3, -0.25) is 4.79 Å². The molecular weight excluding hydrogens is 228 g/mol. The Balaban J connectivity index is 2.75. The summed E-state index contributed by atoms with van der Waals surface area (Å²) >= 11 is 0. The highest BCUT2D eigenvalue weighted by atomic mass is 16.1. The van der Waals surface area contributed by atoms with Crippen LogP contribution in [0.4, 0.5) is 0 Å². The van der Waals surface area contributed by atoms with Crippen molar-refractivity contribution < 1.29 is 4.79 Å². The Kier molecular flexibility index (Phi) is 4.85. The molecule has 1 rings (SSSR count). The van der Waals surface area contributed by atoms with E-state index in [1.54, 1.807) is 0 Å². The molecule has 5 nitrogen and oxygen atoms in total. The first kappa shape index (κ1) is 14.2. The predicted octanol–water partition coefficient (Wildman–Crippen LogP) is 1.29. The first-order chi connectivity index (χ1) is 8.53. The molecule has 98 valence electrons. The molecule has 0 saturated carbocycles. The molecule has 0 saturated heterocycles. The van der Waals surface area contributed by atoms with E-state index in [-0.39, 0.29) is 5.41 Å². The van der Waals surface area contributed by atoms with E-state index >= 15 is 0 Å². The Morgan fingerprint density at radius 3 is 2.44 bits per heavy atom. The highest BCUT2D eigenvalue weighted by Gasteiger charge is 2.20. The lowest BCUT2D eigenvalue weighted by atomic mass is 9.80. The monoisotopic (exact) mass is 248 g/mol. The molecule has 1 aromatic rings. The number of hydrazine groups is 1. The highest BCUT2D eigenvalue weighted by molar-refractivity contribution is 5.81. The summed E-state index contributed by atoms with van der Waals surface area (Å²) in [5, 5.41) is 3.56. The maximum Gasteiger partial charge on any atom is 0.150 e. The van der Waals surface area contributed by atoms with Gasteiger partial charge in [-0.25, -0.2) is 5.84 Å².